The second kappa shape index (κ2) is 9.39. The van der Waals surface area contributed by atoms with E-state index in [2.05, 4.69) is 0 Å². The van der Waals surface area contributed by atoms with E-state index in [1.54, 1.807) is 35.2 Å². The fourth-order valence-corrected chi connectivity index (χ4v) is 4.17. The van der Waals surface area contributed by atoms with Gasteiger partial charge in [0.2, 0.25) is 5.75 Å². The van der Waals surface area contributed by atoms with Crippen molar-refractivity contribution in [2.75, 3.05) is 34.4 Å². The van der Waals surface area contributed by atoms with Crippen LogP contribution < -0.4 is 14.2 Å². The maximum Gasteiger partial charge on any atom is 0.257 e. The standard InChI is InChI=1S/C23H26ClNO5/c1-14-12-16(24)7-8-17(14)20(26)15-6-5-11-25(13-15)23(27)18-9-10-19(28-2)22(30-4)21(18)29-3/h7-10,12,15H,5-6,11,13H2,1-4H3. The van der Waals surface area contributed by atoms with Crippen LogP contribution in [0.4, 0.5) is 0 Å². The Morgan fingerprint density at radius 3 is 2.33 bits per heavy atom. The maximum absolute atomic E-state index is 13.3. The number of ether oxygens (including phenoxy) is 3. The fourth-order valence-electron chi connectivity index (χ4n) is 3.94. The van der Waals surface area contributed by atoms with Gasteiger partial charge in [-0.3, -0.25) is 9.59 Å². The molecule has 2 aromatic rings. The quantitative estimate of drug-likeness (QED) is 0.634. The molecule has 3 rings (SSSR count). The number of benzene rings is 2. The summed E-state index contributed by atoms with van der Waals surface area (Å²) in [6.07, 6.45) is 1.50. The molecule has 0 aromatic heterocycles. The van der Waals surface area contributed by atoms with Crippen LogP contribution in [0, 0.1) is 12.8 Å². The number of likely N-dealkylation sites (tertiary alicyclic amines) is 1. The van der Waals surface area contributed by atoms with Crippen molar-refractivity contribution in [2.45, 2.75) is 19.8 Å². The zero-order valence-corrected chi connectivity index (χ0v) is 18.4. The van der Waals surface area contributed by atoms with Crippen LogP contribution in [0.1, 0.15) is 39.1 Å². The summed E-state index contributed by atoms with van der Waals surface area (Å²) < 4.78 is 16.1. The first-order chi connectivity index (χ1) is 14.4. The van der Waals surface area contributed by atoms with Crippen molar-refractivity contribution in [1.82, 2.24) is 4.90 Å². The number of carbonyl (C=O) groups is 2. The second-order valence-electron chi connectivity index (χ2n) is 7.30. The first-order valence-corrected chi connectivity index (χ1v) is 10.2. The van der Waals surface area contributed by atoms with Crippen molar-refractivity contribution in [1.29, 1.82) is 0 Å². The van der Waals surface area contributed by atoms with Gasteiger partial charge < -0.3 is 19.1 Å². The molecular weight excluding hydrogens is 406 g/mol. The summed E-state index contributed by atoms with van der Waals surface area (Å²) in [6, 6.07) is 8.62. The number of methoxy groups -OCH3 is 3. The normalized spacial score (nSPS) is 16.2. The topological polar surface area (TPSA) is 65.1 Å². The molecule has 7 heteroatoms. The summed E-state index contributed by atoms with van der Waals surface area (Å²) >= 11 is 6.02. The van der Waals surface area contributed by atoms with Crippen molar-refractivity contribution in [3.05, 3.63) is 52.0 Å². The van der Waals surface area contributed by atoms with E-state index in [0.29, 0.717) is 46.5 Å². The smallest absolute Gasteiger partial charge is 0.257 e. The summed E-state index contributed by atoms with van der Waals surface area (Å²) in [5.74, 6) is 0.764. The molecule has 0 saturated carbocycles. The largest absolute Gasteiger partial charge is 0.493 e. The van der Waals surface area contributed by atoms with Gasteiger partial charge in [-0.1, -0.05) is 11.6 Å². The van der Waals surface area contributed by atoms with Gasteiger partial charge in [-0.05, 0) is 55.7 Å². The highest BCUT2D eigenvalue weighted by atomic mass is 35.5. The fraction of sp³-hybridized carbons (Fsp3) is 0.391. The highest BCUT2D eigenvalue weighted by molar-refractivity contribution is 6.30. The Bertz CT molecular complexity index is 959. The molecule has 1 saturated heterocycles. The molecule has 30 heavy (non-hydrogen) atoms. The van der Waals surface area contributed by atoms with Crippen molar-refractivity contribution < 1.29 is 23.8 Å². The lowest BCUT2D eigenvalue weighted by Crippen LogP contribution is -2.42. The monoisotopic (exact) mass is 431 g/mol. The van der Waals surface area contributed by atoms with Gasteiger partial charge >= 0.3 is 0 Å². The molecule has 1 amide bonds. The second-order valence-corrected chi connectivity index (χ2v) is 7.73. The lowest BCUT2D eigenvalue weighted by Gasteiger charge is -2.32. The number of hydrogen-bond donors (Lipinski definition) is 0. The number of carbonyl (C=O) groups excluding carboxylic acids is 2. The third kappa shape index (κ3) is 4.24. The first kappa shape index (κ1) is 22.0. The Kier molecular flexibility index (Phi) is 6.87. The molecule has 1 fully saturated rings. The van der Waals surface area contributed by atoms with Gasteiger partial charge in [-0.25, -0.2) is 0 Å². The lowest BCUT2D eigenvalue weighted by molar-refractivity contribution is 0.0633. The zero-order chi connectivity index (χ0) is 21.8. The molecular formula is C23H26ClNO5. The zero-order valence-electron chi connectivity index (χ0n) is 17.7. The summed E-state index contributed by atoms with van der Waals surface area (Å²) in [7, 11) is 4.51. The minimum absolute atomic E-state index is 0.0425. The van der Waals surface area contributed by atoms with Crippen LogP contribution in [0.2, 0.25) is 5.02 Å². The summed E-state index contributed by atoms with van der Waals surface area (Å²) in [6.45, 7) is 2.82. The van der Waals surface area contributed by atoms with Crippen LogP contribution in [0.15, 0.2) is 30.3 Å². The van der Waals surface area contributed by atoms with Crippen LogP contribution in [0.5, 0.6) is 17.2 Å². The molecule has 1 atom stereocenters. The molecule has 0 N–H and O–H groups in total. The molecule has 6 nitrogen and oxygen atoms in total. The van der Waals surface area contributed by atoms with Gasteiger partial charge in [0.05, 0.1) is 26.9 Å². The molecule has 1 aliphatic heterocycles. The third-order valence-corrected chi connectivity index (χ3v) is 5.70. The number of hydrogen-bond acceptors (Lipinski definition) is 5. The maximum atomic E-state index is 13.3. The molecule has 1 unspecified atom stereocenters. The van der Waals surface area contributed by atoms with E-state index in [9.17, 15) is 9.59 Å². The molecule has 1 aliphatic rings. The van der Waals surface area contributed by atoms with E-state index in [-0.39, 0.29) is 17.6 Å². The van der Waals surface area contributed by atoms with E-state index in [1.807, 2.05) is 6.92 Å². The minimum Gasteiger partial charge on any atom is -0.493 e. The number of halogens is 1. The lowest BCUT2D eigenvalue weighted by atomic mass is 9.88. The molecule has 0 aliphatic carbocycles. The number of Topliss-reactive ketones (excluding diaryl/α,β-unsaturated/α-hetero) is 1. The van der Waals surface area contributed by atoms with E-state index in [1.165, 1.54) is 21.3 Å². The predicted octanol–water partition coefficient (Wildman–Crippen LogP) is 4.41. The van der Waals surface area contributed by atoms with Crippen molar-refractivity contribution in [2.24, 2.45) is 5.92 Å². The number of nitrogens with zero attached hydrogens (tertiary/aromatic N) is 1. The van der Waals surface area contributed by atoms with Gasteiger partial charge in [0, 0.05) is 29.6 Å². The average molecular weight is 432 g/mol. The SMILES string of the molecule is COc1ccc(C(=O)N2CCCC(C(=O)c3ccc(Cl)cc3C)C2)c(OC)c1OC. The number of amides is 1. The first-order valence-electron chi connectivity index (χ1n) is 9.79. The number of ketones is 1. The molecule has 1 heterocycles. The summed E-state index contributed by atoms with van der Waals surface area (Å²) in [4.78, 5) is 28.1. The van der Waals surface area contributed by atoms with E-state index >= 15 is 0 Å². The van der Waals surface area contributed by atoms with Gasteiger partial charge in [0.25, 0.3) is 5.91 Å². The van der Waals surface area contributed by atoms with Gasteiger partial charge in [-0.15, -0.1) is 0 Å². The highest BCUT2D eigenvalue weighted by Gasteiger charge is 2.32. The van der Waals surface area contributed by atoms with E-state index < -0.39 is 0 Å². The highest BCUT2D eigenvalue weighted by Crippen LogP contribution is 2.40. The molecule has 0 spiro atoms. The Hall–Kier alpha value is -2.73. The van der Waals surface area contributed by atoms with Crippen LogP contribution >= 0.6 is 11.6 Å². The minimum atomic E-state index is -0.256. The average Bonchev–Trinajstić information content (AvgIpc) is 2.77. The van der Waals surface area contributed by atoms with E-state index in [0.717, 1.165) is 18.4 Å². The van der Waals surface area contributed by atoms with Crippen LogP contribution in [0.3, 0.4) is 0 Å². The molecule has 0 bridgehead atoms. The Morgan fingerprint density at radius 1 is 1.00 bits per heavy atom. The van der Waals surface area contributed by atoms with Gasteiger partial charge in [0.1, 0.15) is 0 Å². The van der Waals surface area contributed by atoms with Crippen molar-refractivity contribution >= 4 is 23.3 Å². The van der Waals surface area contributed by atoms with E-state index in [4.69, 9.17) is 25.8 Å². The number of rotatable bonds is 6. The van der Waals surface area contributed by atoms with Crippen LogP contribution in [0.25, 0.3) is 0 Å². The predicted molar refractivity (Wildman–Crippen MR) is 115 cm³/mol. The summed E-state index contributed by atoms with van der Waals surface area (Å²) in [5, 5.41) is 0.602. The van der Waals surface area contributed by atoms with Crippen LogP contribution in [-0.4, -0.2) is 51.0 Å². The van der Waals surface area contributed by atoms with Crippen molar-refractivity contribution in [3.8, 4) is 17.2 Å². The van der Waals surface area contributed by atoms with Crippen molar-refractivity contribution in [3.63, 3.8) is 0 Å². The molecule has 0 radical (unpaired) electrons. The molecule has 2 aromatic carbocycles. The number of piperidine rings is 1. The van der Waals surface area contributed by atoms with Gasteiger partial charge in [-0.2, -0.15) is 0 Å². The summed E-state index contributed by atoms with van der Waals surface area (Å²) in [5.41, 5.74) is 1.88. The third-order valence-electron chi connectivity index (χ3n) is 5.47. The Balaban J connectivity index is 1.85. The van der Waals surface area contributed by atoms with Gasteiger partial charge in [0.15, 0.2) is 17.3 Å². The van der Waals surface area contributed by atoms with Crippen LogP contribution in [-0.2, 0) is 0 Å². The number of aryl methyl sites for hydroxylation is 1. The Morgan fingerprint density at radius 2 is 1.70 bits per heavy atom. The molecule has 160 valence electrons. The Labute approximate surface area is 181 Å².